The van der Waals surface area contributed by atoms with Crippen LogP contribution in [-0.4, -0.2) is 9.97 Å². The Labute approximate surface area is 80.4 Å². The molecule has 0 spiro atoms. The van der Waals surface area contributed by atoms with Crippen molar-refractivity contribution in [1.29, 1.82) is 0 Å². The van der Waals surface area contributed by atoms with Gasteiger partial charge >= 0.3 is 0 Å². The monoisotopic (exact) mass is 178 g/mol. The van der Waals surface area contributed by atoms with Crippen LogP contribution in [0.25, 0.3) is 0 Å². The molecular weight excluding hydrogens is 160 g/mol. The van der Waals surface area contributed by atoms with Crippen LogP contribution in [0.4, 0.5) is 0 Å². The minimum absolute atomic E-state index is 0.0515. The molecule has 0 aliphatic carbocycles. The lowest BCUT2D eigenvalue weighted by Gasteiger charge is -2.17. The van der Waals surface area contributed by atoms with E-state index >= 15 is 0 Å². The first-order valence-electron chi connectivity index (χ1n) is 4.78. The molecule has 0 unspecified atom stereocenters. The van der Waals surface area contributed by atoms with Gasteiger partial charge in [-0.2, -0.15) is 0 Å². The van der Waals surface area contributed by atoms with Gasteiger partial charge in [0.15, 0.2) is 0 Å². The number of hydrogen-bond donors (Lipinski definition) is 0. The van der Waals surface area contributed by atoms with Crippen molar-refractivity contribution < 1.29 is 0 Å². The Kier molecular flexibility index (Phi) is 2.69. The topological polar surface area (TPSA) is 25.8 Å². The first-order chi connectivity index (χ1) is 5.93. The fraction of sp³-hybridized carbons (Fsp3) is 0.636. The summed E-state index contributed by atoms with van der Waals surface area (Å²) >= 11 is 0. The van der Waals surface area contributed by atoms with Gasteiger partial charge in [-0.15, -0.1) is 0 Å². The van der Waals surface area contributed by atoms with Gasteiger partial charge in [0.2, 0.25) is 0 Å². The molecule has 0 atom stereocenters. The highest BCUT2D eigenvalue weighted by Crippen LogP contribution is 2.18. The van der Waals surface area contributed by atoms with E-state index in [1.807, 2.05) is 6.92 Å². The molecule has 1 heterocycles. The van der Waals surface area contributed by atoms with Crippen LogP contribution in [0.2, 0.25) is 0 Å². The molecule has 2 heteroatoms. The Morgan fingerprint density at radius 3 is 2.31 bits per heavy atom. The van der Waals surface area contributed by atoms with E-state index in [1.165, 1.54) is 0 Å². The summed E-state index contributed by atoms with van der Waals surface area (Å²) in [4.78, 5) is 8.95. The van der Waals surface area contributed by atoms with Gasteiger partial charge in [0, 0.05) is 16.8 Å². The molecule has 0 aliphatic rings. The van der Waals surface area contributed by atoms with Crippen LogP contribution in [0.3, 0.4) is 0 Å². The van der Waals surface area contributed by atoms with Crippen molar-refractivity contribution in [3.8, 4) is 0 Å². The molecule has 2 nitrogen and oxygen atoms in total. The van der Waals surface area contributed by atoms with Gasteiger partial charge < -0.3 is 0 Å². The molecular formula is C11H18N2. The Morgan fingerprint density at radius 2 is 1.85 bits per heavy atom. The maximum atomic E-state index is 4.51. The normalized spacial score (nSPS) is 11.8. The van der Waals surface area contributed by atoms with Crippen molar-refractivity contribution in [1.82, 2.24) is 9.97 Å². The fourth-order valence-electron chi connectivity index (χ4n) is 1.15. The second-order valence-corrected chi connectivity index (χ2v) is 4.43. The van der Waals surface area contributed by atoms with Gasteiger partial charge in [0.05, 0.1) is 0 Å². The highest BCUT2D eigenvalue weighted by molar-refractivity contribution is 5.13. The van der Waals surface area contributed by atoms with Gasteiger partial charge in [-0.25, -0.2) is 9.97 Å². The summed E-state index contributed by atoms with van der Waals surface area (Å²) in [6.45, 7) is 10.6. The van der Waals surface area contributed by atoms with E-state index in [4.69, 9.17) is 0 Å². The number of aromatic nitrogens is 2. The summed E-state index contributed by atoms with van der Waals surface area (Å²) in [5.41, 5.74) is 2.25. The van der Waals surface area contributed by atoms with Crippen LogP contribution in [0.5, 0.6) is 0 Å². The van der Waals surface area contributed by atoms with Crippen molar-refractivity contribution in [3.63, 3.8) is 0 Å². The lowest BCUT2D eigenvalue weighted by Crippen LogP contribution is -2.17. The van der Waals surface area contributed by atoms with Crippen LogP contribution < -0.4 is 0 Å². The summed E-state index contributed by atoms with van der Waals surface area (Å²) in [6.07, 6.45) is 0.979. The molecule has 72 valence electrons. The molecule has 0 amide bonds. The second-order valence-electron chi connectivity index (χ2n) is 4.43. The molecule has 1 aromatic heterocycles. The summed E-state index contributed by atoms with van der Waals surface area (Å²) in [6, 6.07) is 2.05. The quantitative estimate of drug-likeness (QED) is 0.660. The Morgan fingerprint density at radius 1 is 1.23 bits per heavy atom. The summed E-state index contributed by atoms with van der Waals surface area (Å²) < 4.78 is 0. The van der Waals surface area contributed by atoms with E-state index in [-0.39, 0.29) is 5.41 Å². The Balaban J connectivity index is 3.16. The molecule has 1 aromatic rings. The third-order valence-corrected chi connectivity index (χ3v) is 1.94. The van der Waals surface area contributed by atoms with Crippen LogP contribution in [0.15, 0.2) is 6.07 Å². The van der Waals surface area contributed by atoms with Gasteiger partial charge in [-0.05, 0) is 19.4 Å². The van der Waals surface area contributed by atoms with Crippen LogP contribution in [-0.2, 0) is 11.8 Å². The molecule has 0 aromatic carbocycles. The van der Waals surface area contributed by atoms with Crippen molar-refractivity contribution in [2.75, 3.05) is 0 Å². The SMILES string of the molecule is CCc1cc(C)nc(C(C)(C)C)n1. The summed E-state index contributed by atoms with van der Waals surface area (Å²) in [7, 11) is 0. The van der Waals surface area contributed by atoms with Crippen LogP contribution in [0, 0.1) is 6.92 Å². The molecule has 13 heavy (non-hydrogen) atoms. The van der Waals surface area contributed by atoms with E-state index in [0.717, 1.165) is 23.6 Å². The second kappa shape index (κ2) is 3.44. The average molecular weight is 178 g/mol. The number of hydrogen-bond acceptors (Lipinski definition) is 2. The van der Waals surface area contributed by atoms with Crippen molar-refractivity contribution in [3.05, 3.63) is 23.3 Å². The molecule has 0 saturated carbocycles. The summed E-state index contributed by atoms with van der Waals surface area (Å²) in [5.74, 6) is 0.948. The van der Waals surface area contributed by atoms with Gasteiger partial charge in [-0.3, -0.25) is 0 Å². The third kappa shape index (κ3) is 2.51. The molecule has 0 saturated heterocycles. The van der Waals surface area contributed by atoms with Crippen LogP contribution in [0.1, 0.15) is 44.9 Å². The highest BCUT2D eigenvalue weighted by atomic mass is 14.9. The standard InChI is InChI=1S/C11H18N2/c1-6-9-7-8(2)12-10(13-9)11(3,4)5/h7H,6H2,1-5H3. The van der Waals surface area contributed by atoms with Crippen molar-refractivity contribution in [2.24, 2.45) is 0 Å². The third-order valence-electron chi connectivity index (χ3n) is 1.94. The van der Waals surface area contributed by atoms with E-state index in [1.54, 1.807) is 0 Å². The predicted molar refractivity (Wildman–Crippen MR) is 54.8 cm³/mol. The lowest BCUT2D eigenvalue weighted by atomic mass is 9.95. The number of rotatable bonds is 1. The zero-order valence-electron chi connectivity index (χ0n) is 9.18. The average Bonchev–Trinajstić information content (AvgIpc) is 2.01. The summed E-state index contributed by atoms with van der Waals surface area (Å²) in [5, 5.41) is 0. The van der Waals surface area contributed by atoms with E-state index in [9.17, 15) is 0 Å². The molecule has 0 N–H and O–H groups in total. The van der Waals surface area contributed by atoms with Gasteiger partial charge in [0.25, 0.3) is 0 Å². The Bertz CT molecular complexity index is 297. The predicted octanol–water partition coefficient (Wildman–Crippen LogP) is 2.64. The fourth-order valence-corrected chi connectivity index (χ4v) is 1.15. The molecule has 0 fully saturated rings. The maximum Gasteiger partial charge on any atom is 0.134 e. The van der Waals surface area contributed by atoms with Gasteiger partial charge in [0.1, 0.15) is 5.82 Å². The zero-order valence-corrected chi connectivity index (χ0v) is 9.18. The highest BCUT2D eigenvalue weighted by Gasteiger charge is 2.17. The first-order valence-corrected chi connectivity index (χ1v) is 4.78. The molecule has 0 aliphatic heterocycles. The smallest absolute Gasteiger partial charge is 0.134 e. The molecule has 0 radical (unpaired) electrons. The van der Waals surface area contributed by atoms with Crippen molar-refractivity contribution >= 4 is 0 Å². The van der Waals surface area contributed by atoms with E-state index in [0.29, 0.717) is 0 Å². The van der Waals surface area contributed by atoms with E-state index in [2.05, 4.69) is 43.7 Å². The Hall–Kier alpha value is -0.920. The lowest BCUT2D eigenvalue weighted by molar-refractivity contribution is 0.539. The zero-order chi connectivity index (χ0) is 10.1. The molecule has 1 rings (SSSR count). The van der Waals surface area contributed by atoms with Gasteiger partial charge in [-0.1, -0.05) is 27.7 Å². The van der Waals surface area contributed by atoms with Crippen LogP contribution >= 0.6 is 0 Å². The number of aryl methyl sites for hydroxylation is 2. The minimum atomic E-state index is 0.0515. The maximum absolute atomic E-state index is 4.51. The minimum Gasteiger partial charge on any atom is -0.238 e. The van der Waals surface area contributed by atoms with E-state index < -0.39 is 0 Å². The first kappa shape index (κ1) is 10.2. The van der Waals surface area contributed by atoms with Crippen molar-refractivity contribution in [2.45, 2.75) is 46.5 Å². The number of nitrogens with zero attached hydrogens (tertiary/aromatic N) is 2. The largest absolute Gasteiger partial charge is 0.238 e. The molecule has 0 bridgehead atoms.